The number of rotatable bonds is 0. The van der Waals surface area contributed by atoms with Crippen LogP contribution in [0.4, 0.5) is 0 Å². The summed E-state index contributed by atoms with van der Waals surface area (Å²) in [6, 6.07) is 29.3. The molecule has 0 unspecified atom stereocenters. The highest BCUT2D eigenvalue weighted by Gasteiger charge is 2.27. The van der Waals surface area contributed by atoms with E-state index in [0.717, 1.165) is 12.8 Å². The summed E-state index contributed by atoms with van der Waals surface area (Å²) in [6.45, 7) is 0. The van der Waals surface area contributed by atoms with Gasteiger partial charge in [0.2, 0.25) is 0 Å². The van der Waals surface area contributed by atoms with Crippen molar-refractivity contribution in [2.45, 2.75) is 12.8 Å². The zero-order valence-electron chi connectivity index (χ0n) is 14.9. The first-order chi connectivity index (χ1) is 13.4. The van der Waals surface area contributed by atoms with Gasteiger partial charge in [0.1, 0.15) is 0 Å². The maximum absolute atomic E-state index is 2.54. The topological polar surface area (TPSA) is 4.93 Å². The number of hydrogen-bond donors (Lipinski definition) is 0. The third kappa shape index (κ3) is 1.61. The van der Waals surface area contributed by atoms with Gasteiger partial charge in [0.15, 0.2) is 0 Å². The Kier molecular flexibility index (Phi) is 2.40. The molecule has 0 N–H and O–H groups in total. The Morgan fingerprint density at radius 2 is 1.26 bits per heavy atom. The van der Waals surface area contributed by atoms with Crippen LogP contribution in [0.5, 0.6) is 0 Å². The van der Waals surface area contributed by atoms with Gasteiger partial charge in [-0.25, -0.2) is 0 Å². The van der Waals surface area contributed by atoms with E-state index in [0.29, 0.717) is 0 Å². The quantitative estimate of drug-likeness (QED) is 0.306. The van der Waals surface area contributed by atoms with E-state index in [-0.39, 0.29) is 0 Å². The molecule has 0 saturated carbocycles. The van der Waals surface area contributed by atoms with Crippen LogP contribution in [0.2, 0.25) is 0 Å². The highest BCUT2D eigenvalue weighted by atomic mass is 15.0. The molecule has 1 aromatic heterocycles. The zero-order valence-corrected chi connectivity index (χ0v) is 14.9. The maximum atomic E-state index is 2.54. The molecule has 1 aliphatic heterocycles. The van der Waals surface area contributed by atoms with Crippen LogP contribution in [-0.4, -0.2) is 4.57 Å². The fourth-order valence-electron chi connectivity index (χ4n) is 5.31. The van der Waals surface area contributed by atoms with E-state index in [1.165, 1.54) is 60.9 Å². The number of hydrogen-bond acceptors (Lipinski definition) is 0. The lowest BCUT2D eigenvalue weighted by Crippen LogP contribution is -2.07. The molecular formula is C26H17N. The average Bonchev–Trinajstić information content (AvgIpc) is 3.25. The van der Waals surface area contributed by atoms with E-state index < -0.39 is 0 Å². The molecule has 27 heavy (non-hydrogen) atoms. The summed E-state index contributed by atoms with van der Waals surface area (Å²) in [5.74, 6) is 0. The van der Waals surface area contributed by atoms with E-state index in [1.54, 1.807) is 0 Å². The Hall–Kier alpha value is -3.32. The highest BCUT2D eigenvalue weighted by molar-refractivity contribution is 6.16. The second-order valence-corrected chi connectivity index (χ2v) is 7.78. The van der Waals surface area contributed by atoms with Gasteiger partial charge in [-0.1, -0.05) is 72.8 Å². The van der Waals surface area contributed by atoms with Crippen molar-refractivity contribution in [2.75, 3.05) is 0 Å². The molecule has 0 spiro atoms. The first-order valence-corrected chi connectivity index (χ1v) is 9.64. The molecular weight excluding hydrogens is 326 g/mol. The van der Waals surface area contributed by atoms with Gasteiger partial charge in [-0.05, 0) is 40.3 Å². The van der Waals surface area contributed by atoms with Crippen LogP contribution in [0, 0.1) is 0 Å². The molecule has 1 heteroatoms. The van der Waals surface area contributed by atoms with Gasteiger partial charge in [-0.15, -0.1) is 0 Å². The highest BCUT2D eigenvalue weighted by Crippen LogP contribution is 2.47. The third-order valence-electron chi connectivity index (χ3n) is 6.40. The lowest BCUT2D eigenvalue weighted by atomic mass is 9.98. The molecule has 2 aliphatic rings. The monoisotopic (exact) mass is 343 g/mol. The summed E-state index contributed by atoms with van der Waals surface area (Å²) >= 11 is 0. The van der Waals surface area contributed by atoms with Crippen LogP contribution in [0.25, 0.3) is 38.6 Å². The Balaban J connectivity index is 1.77. The molecule has 2 heterocycles. The fourth-order valence-corrected chi connectivity index (χ4v) is 5.31. The first kappa shape index (κ1) is 13.8. The van der Waals surface area contributed by atoms with E-state index in [1.807, 2.05) is 0 Å². The molecule has 0 radical (unpaired) electrons. The van der Waals surface area contributed by atoms with E-state index in [2.05, 4.69) is 83.4 Å². The van der Waals surface area contributed by atoms with Gasteiger partial charge in [0.05, 0.1) is 11.0 Å². The van der Waals surface area contributed by atoms with Gasteiger partial charge in [-0.3, -0.25) is 0 Å². The number of para-hydroxylation sites is 2. The standard InChI is InChI=1S/C26H17N/c1-3-9-20-16(6-1)14-18-12-13-22-21-10-5-8-19-15-17-7-2-4-11-23(17)27(25(19)21)26(22)24(18)20/h1-13H,14-15H2. The van der Waals surface area contributed by atoms with Crippen LogP contribution in [0.3, 0.4) is 0 Å². The second-order valence-electron chi connectivity index (χ2n) is 7.78. The Morgan fingerprint density at radius 3 is 2.22 bits per heavy atom. The van der Waals surface area contributed by atoms with Gasteiger partial charge < -0.3 is 4.57 Å². The second kappa shape index (κ2) is 4.69. The summed E-state index contributed by atoms with van der Waals surface area (Å²) in [6.07, 6.45) is 2.06. The van der Waals surface area contributed by atoms with Gasteiger partial charge >= 0.3 is 0 Å². The molecule has 0 fully saturated rings. The molecule has 4 aromatic carbocycles. The largest absolute Gasteiger partial charge is 0.308 e. The summed E-state index contributed by atoms with van der Waals surface area (Å²) in [7, 11) is 0. The average molecular weight is 343 g/mol. The summed E-state index contributed by atoms with van der Waals surface area (Å²) in [5.41, 5.74) is 12.7. The lowest BCUT2D eigenvalue weighted by molar-refractivity contribution is 1.04. The molecule has 0 amide bonds. The predicted octanol–water partition coefficient (Wildman–Crippen LogP) is 6.26. The molecule has 5 aromatic rings. The van der Waals surface area contributed by atoms with E-state index in [9.17, 15) is 0 Å². The van der Waals surface area contributed by atoms with Crippen LogP contribution >= 0.6 is 0 Å². The molecule has 1 nitrogen and oxygen atoms in total. The molecule has 7 rings (SSSR count). The Morgan fingerprint density at radius 1 is 0.519 bits per heavy atom. The van der Waals surface area contributed by atoms with Crippen LogP contribution in [0.1, 0.15) is 22.3 Å². The normalized spacial score (nSPS) is 13.6. The van der Waals surface area contributed by atoms with E-state index in [4.69, 9.17) is 0 Å². The number of benzene rings is 4. The van der Waals surface area contributed by atoms with Gasteiger partial charge in [0.25, 0.3) is 0 Å². The zero-order chi connectivity index (χ0) is 17.5. The molecule has 0 saturated heterocycles. The van der Waals surface area contributed by atoms with Gasteiger partial charge in [0, 0.05) is 28.4 Å². The number of fused-ring (bicyclic) bond motifs is 9. The summed E-state index contributed by atoms with van der Waals surface area (Å²) in [4.78, 5) is 0. The van der Waals surface area contributed by atoms with Crippen molar-refractivity contribution in [3.05, 3.63) is 101 Å². The molecule has 0 atom stereocenters. The van der Waals surface area contributed by atoms with Gasteiger partial charge in [-0.2, -0.15) is 0 Å². The minimum absolute atomic E-state index is 1.02. The van der Waals surface area contributed by atoms with Crippen LogP contribution in [0.15, 0.2) is 78.9 Å². The molecule has 126 valence electrons. The predicted molar refractivity (Wildman–Crippen MR) is 112 cm³/mol. The summed E-state index contributed by atoms with van der Waals surface area (Å²) < 4.78 is 2.54. The van der Waals surface area contributed by atoms with Crippen molar-refractivity contribution in [2.24, 2.45) is 0 Å². The SMILES string of the molecule is c1ccc2c(c1)Cc1ccc3c4cccc5c4n(c3c1-2)-c1ccccc1C5. The lowest BCUT2D eigenvalue weighted by Gasteiger charge is -2.21. The maximum Gasteiger partial charge on any atom is 0.0622 e. The first-order valence-electron chi connectivity index (χ1n) is 9.64. The fraction of sp³-hybridized carbons (Fsp3) is 0.0769. The van der Waals surface area contributed by atoms with E-state index >= 15 is 0 Å². The minimum Gasteiger partial charge on any atom is -0.308 e. The van der Waals surface area contributed by atoms with Crippen molar-refractivity contribution < 1.29 is 0 Å². The number of nitrogens with zero attached hydrogens (tertiary/aromatic N) is 1. The Labute approximate surface area is 157 Å². The molecule has 0 bridgehead atoms. The van der Waals surface area contributed by atoms with Crippen LogP contribution < -0.4 is 0 Å². The van der Waals surface area contributed by atoms with Crippen molar-refractivity contribution >= 4 is 21.8 Å². The minimum atomic E-state index is 1.02. The van der Waals surface area contributed by atoms with Crippen molar-refractivity contribution in [3.8, 4) is 16.8 Å². The van der Waals surface area contributed by atoms with Crippen molar-refractivity contribution in [1.82, 2.24) is 4.57 Å². The van der Waals surface area contributed by atoms with Crippen molar-refractivity contribution in [1.29, 1.82) is 0 Å². The van der Waals surface area contributed by atoms with Crippen molar-refractivity contribution in [3.63, 3.8) is 0 Å². The smallest absolute Gasteiger partial charge is 0.0622 e. The van der Waals surface area contributed by atoms with Crippen LogP contribution in [-0.2, 0) is 12.8 Å². The number of aromatic nitrogens is 1. The third-order valence-corrected chi connectivity index (χ3v) is 6.40. The summed E-state index contributed by atoms with van der Waals surface area (Å²) in [5, 5.41) is 2.75. The molecule has 1 aliphatic carbocycles. The Bertz CT molecular complexity index is 1420.